The van der Waals surface area contributed by atoms with Gasteiger partial charge in [-0.1, -0.05) is 28.1 Å². The average molecular weight is 373 g/mol. The van der Waals surface area contributed by atoms with Gasteiger partial charge in [0.05, 0.1) is 24.6 Å². The van der Waals surface area contributed by atoms with Gasteiger partial charge in [0.25, 0.3) is 0 Å². The molecule has 0 spiro atoms. The molecule has 0 aliphatic rings. The Hall–Kier alpha value is -2.02. The van der Waals surface area contributed by atoms with Gasteiger partial charge in [-0.25, -0.2) is 0 Å². The largest absolute Gasteiger partial charge is 0.496 e. The molecule has 0 saturated heterocycles. The van der Waals surface area contributed by atoms with Crippen molar-refractivity contribution in [3.05, 3.63) is 58.1 Å². The van der Waals surface area contributed by atoms with Crippen molar-refractivity contribution in [1.29, 1.82) is 0 Å². The second kappa shape index (κ2) is 6.83. The standard InChI is InChI=1S/C15H12BrF3N2O/c1-22-14-7-6-11(16)8-10(14)9-20-21-13-5-3-2-4-12(13)15(17,18)19/h2-9,21H,1H3/b20-9-. The number of halogens is 4. The van der Waals surface area contributed by atoms with Gasteiger partial charge in [0, 0.05) is 10.0 Å². The fraction of sp³-hybridized carbons (Fsp3) is 0.133. The fourth-order valence-corrected chi connectivity index (χ4v) is 2.18. The maximum atomic E-state index is 12.9. The quantitative estimate of drug-likeness (QED) is 0.610. The van der Waals surface area contributed by atoms with Gasteiger partial charge >= 0.3 is 6.18 Å². The number of methoxy groups -OCH3 is 1. The van der Waals surface area contributed by atoms with E-state index < -0.39 is 11.7 Å². The number of hydrogen-bond donors (Lipinski definition) is 1. The third-order valence-electron chi connectivity index (χ3n) is 2.81. The lowest BCUT2D eigenvalue weighted by atomic mass is 10.2. The Morgan fingerprint density at radius 2 is 1.91 bits per heavy atom. The lowest BCUT2D eigenvalue weighted by Gasteiger charge is -2.11. The minimum atomic E-state index is -4.44. The van der Waals surface area contributed by atoms with E-state index in [-0.39, 0.29) is 5.69 Å². The van der Waals surface area contributed by atoms with E-state index in [1.165, 1.54) is 31.5 Å². The molecule has 3 nitrogen and oxygen atoms in total. The smallest absolute Gasteiger partial charge is 0.418 e. The molecule has 2 aromatic carbocycles. The van der Waals surface area contributed by atoms with E-state index in [0.717, 1.165) is 10.5 Å². The molecule has 0 bridgehead atoms. The Kier molecular flexibility index (Phi) is 5.07. The van der Waals surface area contributed by atoms with Crippen LogP contribution in [0.4, 0.5) is 18.9 Å². The molecule has 0 atom stereocenters. The summed E-state index contributed by atoms with van der Waals surface area (Å²) < 4.78 is 44.5. The van der Waals surface area contributed by atoms with Crippen molar-refractivity contribution < 1.29 is 17.9 Å². The van der Waals surface area contributed by atoms with Crippen molar-refractivity contribution in [2.75, 3.05) is 12.5 Å². The number of hydrogen-bond acceptors (Lipinski definition) is 3. The topological polar surface area (TPSA) is 33.6 Å². The molecular formula is C15H12BrF3N2O. The van der Waals surface area contributed by atoms with Gasteiger partial charge in [0.1, 0.15) is 5.75 Å². The molecule has 1 N–H and O–H groups in total. The molecule has 0 unspecified atom stereocenters. The van der Waals surface area contributed by atoms with Crippen LogP contribution in [0.25, 0.3) is 0 Å². The van der Waals surface area contributed by atoms with Crippen molar-refractivity contribution in [2.24, 2.45) is 5.10 Å². The third kappa shape index (κ3) is 4.00. The van der Waals surface area contributed by atoms with Crippen molar-refractivity contribution in [2.45, 2.75) is 6.18 Å². The van der Waals surface area contributed by atoms with E-state index in [1.54, 1.807) is 18.2 Å². The first-order chi connectivity index (χ1) is 10.4. The molecule has 0 aliphatic heterocycles. The molecule has 22 heavy (non-hydrogen) atoms. The van der Waals surface area contributed by atoms with Crippen LogP contribution in [0.1, 0.15) is 11.1 Å². The van der Waals surface area contributed by atoms with E-state index in [1.807, 2.05) is 0 Å². The molecule has 2 rings (SSSR count). The molecule has 0 aromatic heterocycles. The first-order valence-electron chi connectivity index (χ1n) is 6.20. The molecule has 0 heterocycles. The van der Waals surface area contributed by atoms with Crippen LogP contribution < -0.4 is 10.2 Å². The molecule has 2 aromatic rings. The highest BCUT2D eigenvalue weighted by atomic mass is 79.9. The molecule has 0 saturated carbocycles. The summed E-state index contributed by atoms with van der Waals surface area (Å²) >= 11 is 3.31. The lowest BCUT2D eigenvalue weighted by Crippen LogP contribution is -2.08. The van der Waals surface area contributed by atoms with Crippen molar-refractivity contribution in [3.63, 3.8) is 0 Å². The summed E-state index contributed by atoms with van der Waals surface area (Å²) in [5, 5.41) is 3.86. The Labute approximate surface area is 133 Å². The van der Waals surface area contributed by atoms with Crippen LogP contribution in [0.5, 0.6) is 5.75 Å². The van der Waals surface area contributed by atoms with Gasteiger partial charge in [0.15, 0.2) is 0 Å². The second-order valence-electron chi connectivity index (χ2n) is 4.30. The van der Waals surface area contributed by atoms with Gasteiger partial charge in [-0.2, -0.15) is 18.3 Å². The van der Waals surface area contributed by atoms with E-state index in [9.17, 15) is 13.2 Å². The lowest BCUT2D eigenvalue weighted by molar-refractivity contribution is -0.136. The van der Waals surface area contributed by atoms with Crippen LogP contribution in [0.3, 0.4) is 0 Å². The summed E-state index contributed by atoms with van der Waals surface area (Å²) in [6, 6.07) is 10.4. The number of alkyl halides is 3. The van der Waals surface area contributed by atoms with Crippen LogP contribution in [0, 0.1) is 0 Å². The monoisotopic (exact) mass is 372 g/mol. The van der Waals surface area contributed by atoms with Gasteiger partial charge < -0.3 is 4.74 Å². The van der Waals surface area contributed by atoms with E-state index in [4.69, 9.17) is 4.74 Å². The normalized spacial score (nSPS) is 11.7. The number of benzene rings is 2. The van der Waals surface area contributed by atoms with Crippen molar-refractivity contribution >= 4 is 27.8 Å². The van der Waals surface area contributed by atoms with Crippen LogP contribution in [0.2, 0.25) is 0 Å². The number of ether oxygens (including phenoxy) is 1. The van der Waals surface area contributed by atoms with Gasteiger partial charge in [-0.15, -0.1) is 0 Å². The highest BCUT2D eigenvalue weighted by molar-refractivity contribution is 9.10. The Balaban J connectivity index is 2.22. The van der Waals surface area contributed by atoms with Crippen LogP contribution in [-0.2, 0) is 6.18 Å². The SMILES string of the molecule is COc1ccc(Br)cc1/C=N\Nc1ccccc1C(F)(F)F. The van der Waals surface area contributed by atoms with E-state index in [0.29, 0.717) is 11.3 Å². The average Bonchev–Trinajstić information content (AvgIpc) is 2.47. The predicted molar refractivity (Wildman–Crippen MR) is 83.4 cm³/mol. The zero-order valence-electron chi connectivity index (χ0n) is 11.5. The molecule has 0 fully saturated rings. The summed E-state index contributed by atoms with van der Waals surface area (Å²) in [5.41, 5.74) is 2.17. The number of rotatable bonds is 4. The summed E-state index contributed by atoms with van der Waals surface area (Å²) in [6.07, 6.45) is -3.04. The highest BCUT2D eigenvalue weighted by Crippen LogP contribution is 2.34. The summed E-state index contributed by atoms with van der Waals surface area (Å²) in [4.78, 5) is 0. The van der Waals surface area contributed by atoms with E-state index in [2.05, 4.69) is 26.5 Å². The minimum absolute atomic E-state index is 0.111. The summed E-state index contributed by atoms with van der Waals surface area (Å²) in [6.45, 7) is 0. The summed E-state index contributed by atoms with van der Waals surface area (Å²) in [5.74, 6) is 0.567. The molecule has 0 radical (unpaired) electrons. The van der Waals surface area contributed by atoms with Crippen LogP contribution in [-0.4, -0.2) is 13.3 Å². The molecule has 0 aliphatic carbocycles. The van der Waals surface area contributed by atoms with Crippen molar-refractivity contribution in [3.8, 4) is 5.75 Å². The first kappa shape index (κ1) is 16.4. The Morgan fingerprint density at radius 3 is 2.59 bits per heavy atom. The van der Waals surface area contributed by atoms with Gasteiger partial charge in [-0.3, -0.25) is 5.43 Å². The molecule has 7 heteroatoms. The fourth-order valence-electron chi connectivity index (χ4n) is 1.81. The molecule has 116 valence electrons. The molecule has 0 amide bonds. The number of hydrazone groups is 1. The highest BCUT2D eigenvalue weighted by Gasteiger charge is 2.33. The zero-order valence-corrected chi connectivity index (χ0v) is 13.1. The first-order valence-corrected chi connectivity index (χ1v) is 7.00. The third-order valence-corrected chi connectivity index (χ3v) is 3.31. The molecular weight excluding hydrogens is 361 g/mol. The van der Waals surface area contributed by atoms with Crippen LogP contribution in [0.15, 0.2) is 52.0 Å². The minimum Gasteiger partial charge on any atom is -0.496 e. The maximum absolute atomic E-state index is 12.9. The van der Waals surface area contributed by atoms with E-state index >= 15 is 0 Å². The number of nitrogens with one attached hydrogen (secondary N) is 1. The summed E-state index contributed by atoms with van der Waals surface area (Å²) in [7, 11) is 1.51. The number of nitrogens with zero attached hydrogens (tertiary/aromatic N) is 1. The van der Waals surface area contributed by atoms with Gasteiger partial charge in [0.2, 0.25) is 0 Å². The maximum Gasteiger partial charge on any atom is 0.418 e. The van der Waals surface area contributed by atoms with Crippen LogP contribution >= 0.6 is 15.9 Å². The van der Waals surface area contributed by atoms with Gasteiger partial charge in [-0.05, 0) is 30.3 Å². The second-order valence-corrected chi connectivity index (χ2v) is 5.22. The van der Waals surface area contributed by atoms with Crippen molar-refractivity contribution in [1.82, 2.24) is 0 Å². The number of anilines is 1. The Bertz CT molecular complexity index is 687. The zero-order chi connectivity index (χ0) is 16.2. The predicted octanol–water partition coefficient (Wildman–Crippen LogP) is 4.92. The number of para-hydroxylation sites is 1. The Morgan fingerprint density at radius 1 is 1.18 bits per heavy atom.